The van der Waals surface area contributed by atoms with Gasteiger partial charge in [-0.15, -0.1) is 0 Å². The van der Waals surface area contributed by atoms with Gasteiger partial charge in [0.25, 0.3) is 5.03 Å². The average molecular weight is 201 g/mol. The lowest BCUT2D eigenvalue weighted by molar-refractivity contribution is -0.645. The normalized spacial score (nSPS) is 9.54. The van der Waals surface area contributed by atoms with Gasteiger partial charge in [0.05, 0.1) is 0 Å². The SMILES string of the molecule is O=C(O)OCSc1cccc[n+]1[O-]. The van der Waals surface area contributed by atoms with Gasteiger partial charge in [0, 0.05) is 12.1 Å². The van der Waals surface area contributed by atoms with Gasteiger partial charge in [-0.05, 0) is 17.8 Å². The number of nitrogens with zero attached hydrogens (tertiary/aromatic N) is 1. The average Bonchev–Trinajstić information content (AvgIpc) is 2.08. The van der Waals surface area contributed by atoms with Gasteiger partial charge in [-0.25, -0.2) is 4.79 Å². The fourth-order valence-electron chi connectivity index (χ4n) is 0.665. The maximum atomic E-state index is 11.0. The minimum absolute atomic E-state index is 0.0818. The van der Waals surface area contributed by atoms with Crippen LogP contribution in [0.25, 0.3) is 0 Å². The van der Waals surface area contributed by atoms with E-state index in [0.717, 1.165) is 11.8 Å². The molecule has 1 heterocycles. The number of carboxylic acid groups (broad SMARTS) is 1. The molecule has 0 atom stereocenters. The predicted octanol–water partition coefficient (Wildman–Crippen LogP) is 1.06. The Morgan fingerprint density at radius 2 is 2.46 bits per heavy atom. The van der Waals surface area contributed by atoms with Crippen molar-refractivity contribution in [2.45, 2.75) is 5.03 Å². The van der Waals surface area contributed by atoms with E-state index >= 15 is 0 Å². The Labute approximate surface area is 78.5 Å². The molecule has 13 heavy (non-hydrogen) atoms. The second kappa shape index (κ2) is 4.56. The highest BCUT2D eigenvalue weighted by molar-refractivity contribution is 7.99. The molecule has 0 aliphatic heterocycles. The third-order valence-electron chi connectivity index (χ3n) is 1.18. The Bertz CT molecular complexity index is 304. The van der Waals surface area contributed by atoms with Crippen molar-refractivity contribution in [2.75, 3.05) is 5.94 Å². The van der Waals surface area contributed by atoms with Gasteiger partial charge < -0.3 is 15.1 Å². The van der Waals surface area contributed by atoms with E-state index in [1.807, 2.05) is 0 Å². The minimum atomic E-state index is -1.35. The van der Waals surface area contributed by atoms with Gasteiger partial charge >= 0.3 is 6.16 Å². The summed E-state index contributed by atoms with van der Waals surface area (Å²) < 4.78 is 4.88. The first-order valence-corrected chi connectivity index (χ1v) is 4.35. The zero-order chi connectivity index (χ0) is 9.68. The fourth-order valence-corrected chi connectivity index (χ4v) is 1.31. The number of aromatic nitrogens is 1. The summed E-state index contributed by atoms with van der Waals surface area (Å²) in [5.41, 5.74) is 0. The van der Waals surface area contributed by atoms with Crippen LogP contribution in [0.1, 0.15) is 0 Å². The van der Waals surface area contributed by atoms with Crippen LogP contribution in [0, 0.1) is 5.21 Å². The zero-order valence-electron chi connectivity index (χ0n) is 6.54. The molecule has 1 rings (SSSR count). The summed E-state index contributed by atoms with van der Waals surface area (Å²) in [5, 5.41) is 19.5. The van der Waals surface area contributed by atoms with Crippen LogP contribution < -0.4 is 4.73 Å². The molecular formula is C7H7NO4S. The van der Waals surface area contributed by atoms with Crippen molar-refractivity contribution in [2.24, 2.45) is 0 Å². The second-order valence-corrected chi connectivity index (χ2v) is 2.98. The van der Waals surface area contributed by atoms with E-state index in [1.165, 1.54) is 6.20 Å². The molecule has 1 aromatic rings. The number of ether oxygens (including phenoxy) is 1. The van der Waals surface area contributed by atoms with Gasteiger partial charge in [-0.2, -0.15) is 4.73 Å². The van der Waals surface area contributed by atoms with Gasteiger partial charge in [-0.3, -0.25) is 0 Å². The Kier molecular flexibility index (Phi) is 3.39. The number of hydrogen-bond acceptors (Lipinski definition) is 4. The van der Waals surface area contributed by atoms with Crippen LogP contribution in [0.15, 0.2) is 29.4 Å². The third-order valence-corrected chi connectivity index (χ3v) is 2.03. The highest BCUT2D eigenvalue weighted by atomic mass is 32.2. The third kappa shape index (κ3) is 3.20. The van der Waals surface area contributed by atoms with Crippen LogP contribution in [0.2, 0.25) is 0 Å². The second-order valence-electron chi connectivity index (χ2n) is 2.04. The molecule has 0 radical (unpaired) electrons. The van der Waals surface area contributed by atoms with Crippen molar-refractivity contribution in [3.63, 3.8) is 0 Å². The monoisotopic (exact) mass is 201 g/mol. The first-order chi connectivity index (χ1) is 6.20. The van der Waals surface area contributed by atoms with E-state index in [1.54, 1.807) is 18.2 Å². The van der Waals surface area contributed by atoms with E-state index < -0.39 is 6.16 Å². The largest absolute Gasteiger partial charge is 0.618 e. The lowest BCUT2D eigenvalue weighted by Gasteiger charge is -2.01. The van der Waals surface area contributed by atoms with Gasteiger partial charge in [0.2, 0.25) is 0 Å². The van der Waals surface area contributed by atoms with Crippen LogP contribution in [0.4, 0.5) is 4.79 Å². The molecule has 0 saturated heterocycles. The molecule has 0 spiro atoms. The van der Waals surface area contributed by atoms with E-state index in [4.69, 9.17) is 5.11 Å². The predicted molar refractivity (Wildman–Crippen MR) is 45.2 cm³/mol. The quantitative estimate of drug-likeness (QED) is 0.260. The Morgan fingerprint density at radius 1 is 1.69 bits per heavy atom. The lowest BCUT2D eigenvalue weighted by atomic mass is 10.5. The smallest absolute Gasteiger partial charge is 0.506 e. The molecule has 6 heteroatoms. The number of carbonyl (C=O) groups is 1. The highest BCUT2D eigenvalue weighted by Crippen LogP contribution is 2.11. The minimum Gasteiger partial charge on any atom is -0.618 e. The number of rotatable bonds is 3. The molecule has 5 nitrogen and oxygen atoms in total. The Morgan fingerprint density at radius 3 is 3.08 bits per heavy atom. The van der Waals surface area contributed by atoms with E-state index in [0.29, 0.717) is 9.76 Å². The van der Waals surface area contributed by atoms with Crippen LogP contribution in [-0.2, 0) is 4.74 Å². The standard InChI is InChI=1S/C7H7NO4S/c9-7(10)12-5-13-6-3-1-2-4-8(6)11/h1-4H,5H2,(H,9,10). The van der Waals surface area contributed by atoms with Crippen molar-refractivity contribution in [1.29, 1.82) is 0 Å². The van der Waals surface area contributed by atoms with Crippen LogP contribution in [0.5, 0.6) is 0 Å². The summed E-state index contributed by atoms with van der Waals surface area (Å²) in [5.74, 6) is -0.0818. The lowest BCUT2D eigenvalue weighted by Crippen LogP contribution is -2.27. The molecule has 0 bridgehead atoms. The van der Waals surface area contributed by atoms with Gasteiger partial charge in [-0.1, -0.05) is 0 Å². The van der Waals surface area contributed by atoms with Crippen LogP contribution in [-0.4, -0.2) is 17.2 Å². The molecule has 0 fully saturated rings. The number of hydrogen-bond donors (Lipinski definition) is 1. The van der Waals surface area contributed by atoms with Gasteiger partial charge in [0.1, 0.15) is 0 Å². The summed E-state index contributed by atoms with van der Waals surface area (Å²) >= 11 is 1.02. The zero-order valence-corrected chi connectivity index (χ0v) is 7.36. The molecule has 1 N–H and O–H groups in total. The van der Waals surface area contributed by atoms with Crippen LogP contribution in [0.3, 0.4) is 0 Å². The van der Waals surface area contributed by atoms with Crippen LogP contribution >= 0.6 is 11.8 Å². The highest BCUT2D eigenvalue weighted by Gasteiger charge is 2.05. The maximum Gasteiger partial charge on any atom is 0.506 e. The molecule has 0 saturated carbocycles. The molecule has 1 aromatic heterocycles. The summed E-state index contributed by atoms with van der Waals surface area (Å²) in [7, 11) is 0. The molecule has 0 aliphatic rings. The molecule has 0 aliphatic carbocycles. The fraction of sp³-hybridized carbons (Fsp3) is 0.143. The molecule has 0 aromatic carbocycles. The van der Waals surface area contributed by atoms with E-state index in [9.17, 15) is 10.0 Å². The summed E-state index contributed by atoms with van der Waals surface area (Å²) in [4.78, 5) is 9.95. The summed E-state index contributed by atoms with van der Waals surface area (Å²) in [6.07, 6.45) is -0.01000. The summed E-state index contributed by atoms with van der Waals surface area (Å²) in [6.45, 7) is 0. The van der Waals surface area contributed by atoms with Crippen molar-refractivity contribution in [3.05, 3.63) is 29.6 Å². The molecule has 70 valence electrons. The maximum absolute atomic E-state index is 11.0. The molecule has 0 unspecified atom stereocenters. The summed E-state index contributed by atoms with van der Waals surface area (Å²) in [6, 6.07) is 4.87. The first kappa shape index (κ1) is 9.66. The van der Waals surface area contributed by atoms with Crippen molar-refractivity contribution < 1.29 is 19.4 Å². The molecular weight excluding hydrogens is 194 g/mol. The van der Waals surface area contributed by atoms with Crippen molar-refractivity contribution in [1.82, 2.24) is 0 Å². The van der Waals surface area contributed by atoms with E-state index in [-0.39, 0.29) is 5.94 Å². The van der Waals surface area contributed by atoms with Crippen molar-refractivity contribution >= 4 is 17.9 Å². The van der Waals surface area contributed by atoms with E-state index in [2.05, 4.69) is 4.74 Å². The Balaban J connectivity index is 2.45. The number of pyridine rings is 1. The first-order valence-electron chi connectivity index (χ1n) is 3.37. The van der Waals surface area contributed by atoms with Gasteiger partial charge in [0.15, 0.2) is 12.1 Å². The Hall–Kier alpha value is -1.43. The van der Waals surface area contributed by atoms with Crippen molar-refractivity contribution in [3.8, 4) is 0 Å². The number of thioether (sulfide) groups is 1. The topological polar surface area (TPSA) is 73.5 Å². The molecule has 0 amide bonds.